The molecule has 1 heterocycles. The number of benzene rings is 1. The zero-order valence-electron chi connectivity index (χ0n) is 9.81. The van der Waals surface area contributed by atoms with Crippen LogP contribution in [0.3, 0.4) is 0 Å². The summed E-state index contributed by atoms with van der Waals surface area (Å²) in [6, 6.07) is 3.99. The molecule has 17 heavy (non-hydrogen) atoms. The molecule has 0 atom stereocenters. The predicted octanol–water partition coefficient (Wildman–Crippen LogP) is 2.36. The van der Waals surface area contributed by atoms with E-state index in [9.17, 15) is 4.79 Å². The van der Waals surface area contributed by atoms with Gasteiger partial charge in [0.05, 0.1) is 0 Å². The van der Waals surface area contributed by atoms with Crippen LogP contribution in [0.5, 0.6) is 0 Å². The molecule has 0 spiro atoms. The largest absolute Gasteiger partial charge is 0.474 e. The monoisotopic (exact) mass is 232 g/mol. The highest BCUT2D eigenvalue weighted by Crippen LogP contribution is 2.27. The zero-order chi connectivity index (χ0) is 12.6. The van der Waals surface area contributed by atoms with Gasteiger partial charge in [-0.05, 0) is 31.9 Å². The summed E-state index contributed by atoms with van der Waals surface area (Å²) in [5.41, 5.74) is 3.92. The van der Waals surface area contributed by atoms with Crippen LogP contribution in [0.2, 0.25) is 0 Å². The summed E-state index contributed by atoms with van der Waals surface area (Å²) in [5, 5.41) is 16.0. The Morgan fingerprint density at radius 1 is 1.18 bits per heavy atom. The number of carboxylic acids is 1. The maximum Gasteiger partial charge on any atom is 0.393 e. The molecule has 1 aromatic carbocycles. The van der Waals surface area contributed by atoms with Gasteiger partial charge in [-0.1, -0.05) is 17.7 Å². The lowest BCUT2D eigenvalue weighted by Gasteiger charge is -2.06. The molecule has 0 fully saturated rings. The van der Waals surface area contributed by atoms with Crippen LogP contribution in [-0.2, 0) is 0 Å². The molecule has 2 rings (SSSR count). The third kappa shape index (κ3) is 2.04. The summed E-state index contributed by atoms with van der Waals surface area (Å²) < 4.78 is 5.11. The smallest absolute Gasteiger partial charge is 0.393 e. The fourth-order valence-electron chi connectivity index (χ4n) is 1.93. The molecule has 5 heteroatoms. The molecule has 88 valence electrons. The number of hydrogen-bond acceptors (Lipinski definition) is 4. The topological polar surface area (TPSA) is 76.2 Å². The molecule has 0 saturated heterocycles. The number of aromatic carboxylic acids is 1. The summed E-state index contributed by atoms with van der Waals surface area (Å²) >= 11 is 0. The molecule has 5 nitrogen and oxygen atoms in total. The Morgan fingerprint density at radius 2 is 1.76 bits per heavy atom. The third-order valence-electron chi connectivity index (χ3n) is 2.50. The van der Waals surface area contributed by atoms with Gasteiger partial charge in [0.25, 0.3) is 0 Å². The number of carbonyl (C=O) groups is 1. The minimum atomic E-state index is -1.22. The highest BCUT2D eigenvalue weighted by molar-refractivity contribution is 5.82. The average Bonchev–Trinajstić information content (AvgIpc) is 2.65. The predicted molar refractivity (Wildman–Crippen MR) is 60.9 cm³/mol. The lowest BCUT2D eigenvalue weighted by atomic mass is 10.00. The van der Waals surface area contributed by atoms with E-state index in [4.69, 9.17) is 9.52 Å². The second kappa shape index (κ2) is 4.01. The lowest BCUT2D eigenvalue weighted by molar-refractivity contribution is 0.0654. The number of aryl methyl sites for hydroxylation is 3. The summed E-state index contributed by atoms with van der Waals surface area (Å²) in [6.07, 6.45) is 0. The Morgan fingerprint density at radius 3 is 2.24 bits per heavy atom. The van der Waals surface area contributed by atoms with Crippen LogP contribution in [0.4, 0.5) is 0 Å². The molecule has 0 saturated carbocycles. The minimum Gasteiger partial charge on any atom is -0.474 e. The molecule has 2 aromatic rings. The van der Waals surface area contributed by atoms with Gasteiger partial charge in [0.1, 0.15) is 0 Å². The average molecular weight is 232 g/mol. The van der Waals surface area contributed by atoms with E-state index in [-0.39, 0.29) is 11.8 Å². The van der Waals surface area contributed by atoms with Crippen molar-refractivity contribution in [3.8, 4) is 11.5 Å². The first-order chi connectivity index (χ1) is 7.99. The minimum absolute atomic E-state index is 0.248. The molecule has 0 unspecified atom stereocenters. The first kappa shape index (κ1) is 11.3. The number of nitrogens with zero attached hydrogens (tertiary/aromatic N) is 2. The van der Waals surface area contributed by atoms with Crippen LogP contribution in [0, 0.1) is 20.8 Å². The quantitative estimate of drug-likeness (QED) is 0.860. The first-order valence-corrected chi connectivity index (χ1v) is 5.14. The molecule has 0 amide bonds. The van der Waals surface area contributed by atoms with Crippen molar-refractivity contribution in [3.63, 3.8) is 0 Å². The summed E-state index contributed by atoms with van der Waals surface area (Å²) in [6.45, 7) is 5.86. The Hall–Kier alpha value is -2.17. The van der Waals surface area contributed by atoms with Crippen molar-refractivity contribution in [1.29, 1.82) is 0 Å². The third-order valence-corrected chi connectivity index (χ3v) is 2.50. The Bertz CT molecular complexity index is 564. The van der Waals surface area contributed by atoms with Gasteiger partial charge in [-0.2, -0.15) is 0 Å². The van der Waals surface area contributed by atoms with Gasteiger partial charge in [0.15, 0.2) is 0 Å². The normalized spacial score (nSPS) is 10.5. The van der Waals surface area contributed by atoms with Gasteiger partial charge in [-0.15, -0.1) is 10.2 Å². The van der Waals surface area contributed by atoms with Crippen LogP contribution >= 0.6 is 0 Å². The standard InChI is InChI=1S/C12H12N2O3/c1-6-4-7(2)9(8(3)5-6)10-13-14-11(17-10)12(15)16/h4-5H,1-3H3,(H,15,16). The Balaban J connectivity index is 2.56. The summed E-state index contributed by atoms with van der Waals surface area (Å²) in [4.78, 5) is 10.7. The Kier molecular flexibility index (Phi) is 2.67. The van der Waals surface area contributed by atoms with Crippen LogP contribution in [0.15, 0.2) is 16.5 Å². The van der Waals surface area contributed by atoms with Crippen LogP contribution in [-0.4, -0.2) is 21.3 Å². The van der Waals surface area contributed by atoms with Crippen LogP contribution in [0.1, 0.15) is 27.4 Å². The molecule has 1 N–H and O–H groups in total. The number of rotatable bonds is 2. The molecular formula is C12H12N2O3. The maximum absolute atomic E-state index is 10.7. The van der Waals surface area contributed by atoms with Crippen molar-refractivity contribution in [3.05, 3.63) is 34.7 Å². The van der Waals surface area contributed by atoms with E-state index in [0.717, 1.165) is 22.3 Å². The number of aromatic nitrogens is 2. The second-order valence-electron chi connectivity index (χ2n) is 3.99. The summed E-state index contributed by atoms with van der Waals surface area (Å²) in [7, 11) is 0. The van der Waals surface area contributed by atoms with Gasteiger partial charge >= 0.3 is 11.9 Å². The number of hydrogen-bond donors (Lipinski definition) is 1. The molecule has 0 aliphatic carbocycles. The second-order valence-corrected chi connectivity index (χ2v) is 3.99. The first-order valence-electron chi connectivity index (χ1n) is 5.14. The van der Waals surface area contributed by atoms with Crippen LogP contribution < -0.4 is 0 Å². The van der Waals surface area contributed by atoms with E-state index in [1.54, 1.807) is 0 Å². The fourth-order valence-corrected chi connectivity index (χ4v) is 1.93. The van der Waals surface area contributed by atoms with E-state index < -0.39 is 5.97 Å². The highest BCUT2D eigenvalue weighted by Gasteiger charge is 2.17. The molecule has 0 bridgehead atoms. The van der Waals surface area contributed by atoms with Gasteiger partial charge < -0.3 is 9.52 Å². The zero-order valence-corrected chi connectivity index (χ0v) is 9.81. The van der Waals surface area contributed by atoms with E-state index in [1.807, 2.05) is 32.9 Å². The van der Waals surface area contributed by atoms with Gasteiger partial charge in [0, 0.05) is 5.56 Å². The SMILES string of the molecule is Cc1cc(C)c(-c2nnc(C(=O)O)o2)c(C)c1. The van der Waals surface area contributed by atoms with Gasteiger partial charge in [0.2, 0.25) is 5.89 Å². The fraction of sp³-hybridized carbons (Fsp3) is 0.250. The Labute approximate surface area is 98.1 Å². The van der Waals surface area contributed by atoms with Crippen LogP contribution in [0.25, 0.3) is 11.5 Å². The molecule has 0 aliphatic rings. The van der Waals surface area contributed by atoms with Crippen molar-refractivity contribution in [2.45, 2.75) is 20.8 Å². The lowest BCUT2D eigenvalue weighted by Crippen LogP contribution is -1.95. The van der Waals surface area contributed by atoms with Gasteiger partial charge in [-0.25, -0.2) is 4.79 Å². The number of carboxylic acid groups (broad SMARTS) is 1. The highest BCUT2D eigenvalue weighted by atomic mass is 16.4. The van der Waals surface area contributed by atoms with E-state index in [0.29, 0.717) is 0 Å². The molecular weight excluding hydrogens is 220 g/mol. The van der Waals surface area contributed by atoms with E-state index in [2.05, 4.69) is 10.2 Å². The van der Waals surface area contributed by atoms with Crippen molar-refractivity contribution in [2.24, 2.45) is 0 Å². The van der Waals surface area contributed by atoms with Crippen molar-refractivity contribution in [2.75, 3.05) is 0 Å². The summed E-state index contributed by atoms with van der Waals surface area (Å²) in [5.74, 6) is -1.36. The molecule has 0 radical (unpaired) electrons. The van der Waals surface area contributed by atoms with E-state index in [1.165, 1.54) is 0 Å². The maximum atomic E-state index is 10.7. The van der Waals surface area contributed by atoms with E-state index >= 15 is 0 Å². The molecule has 1 aromatic heterocycles. The van der Waals surface area contributed by atoms with Crippen molar-refractivity contribution in [1.82, 2.24) is 10.2 Å². The van der Waals surface area contributed by atoms with Crippen molar-refractivity contribution < 1.29 is 14.3 Å². The van der Waals surface area contributed by atoms with Gasteiger partial charge in [-0.3, -0.25) is 0 Å². The molecule has 0 aliphatic heterocycles. The van der Waals surface area contributed by atoms with Crippen molar-refractivity contribution >= 4 is 5.97 Å².